The van der Waals surface area contributed by atoms with Gasteiger partial charge in [0.15, 0.2) is 0 Å². The van der Waals surface area contributed by atoms with Crippen LogP contribution in [0.25, 0.3) is 11.4 Å². The van der Waals surface area contributed by atoms with Crippen molar-refractivity contribution < 1.29 is 18.1 Å². The van der Waals surface area contributed by atoms with E-state index in [-0.39, 0.29) is 30.1 Å². The molecule has 156 valence electrons. The highest BCUT2D eigenvalue weighted by atomic mass is 19.1. The van der Waals surface area contributed by atoms with Crippen molar-refractivity contribution in [3.63, 3.8) is 0 Å². The molecule has 8 heteroatoms. The van der Waals surface area contributed by atoms with E-state index < -0.39 is 0 Å². The third-order valence-electron chi connectivity index (χ3n) is 5.17. The molecule has 0 radical (unpaired) electrons. The van der Waals surface area contributed by atoms with Crippen molar-refractivity contribution in [1.29, 1.82) is 0 Å². The fraction of sp³-hybridized carbons (Fsp3) is 0.318. The minimum Gasteiger partial charge on any atom is -0.351 e. The van der Waals surface area contributed by atoms with Crippen LogP contribution in [-0.2, 0) is 11.3 Å². The predicted octanol–water partition coefficient (Wildman–Crippen LogP) is 3.86. The van der Waals surface area contributed by atoms with Crippen LogP contribution in [0.3, 0.4) is 0 Å². The van der Waals surface area contributed by atoms with Gasteiger partial charge in [-0.1, -0.05) is 35.8 Å². The lowest BCUT2D eigenvalue weighted by Crippen LogP contribution is -2.41. The number of carbonyl (C=O) groups is 1. The first kappa shape index (κ1) is 20.2. The van der Waals surface area contributed by atoms with Crippen LogP contribution >= 0.6 is 0 Å². The van der Waals surface area contributed by atoms with Gasteiger partial charge in [-0.15, -0.1) is 0 Å². The van der Waals surface area contributed by atoms with Gasteiger partial charge in [0.1, 0.15) is 11.6 Å². The van der Waals surface area contributed by atoms with Gasteiger partial charge in [-0.25, -0.2) is 8.78 Å². The molecule has 3 aromatic rings. The summed E-state index contributed by atoms with van der Waals surface area (Å²) in [5.41, 5.74) is 1.38. The summed E-state index contributed by atoms with van der Waals surface area (Å²) < 4.78 is 31.9. The minimum absolute atomic E-state index is 0.129. The zero-order chi connectivity index (χ0) is 20.9. The Kier molecular flexibility index (Phi) is 6.13. The molecule has 1 aromatic heterocycles. The Balaban J connectivity index is 1.40. The molecule has 30 heavy (non-hydrogen) atoms. The summed E-state index contributed by atoms with van der Waals surface area (Å²) in [7, 11) is 0. The molecule has 1 atom stereocenters. The largest absolute Gasteiger partial charge is 0.351 e. The number of nitrogens with zero attached hydrogens (tertiary/aromatic N) is 3. The van der Waals surface area contributed by atoms with Crippen molar-refractivity contribution in [2.45, 2.75) is 31.8 Å². The van der Waals surface area contributed by atoms with E-state index in [1.807, 2.05) is 4.90 Å². The molecule has 1 N–H and O–H groups in total. The molecule has 1 amide bonds. The molecule has 1 fully saturated rings. The number of benzene rings is 2. The smallest absolute Gasteiger partial charge is 0.244 e. The summed E-state index contributed by atoms with van der Waals surface area (Å²) in [6.45, 7) is 1.28. The van der Waals surface area contributed by atoms with Gasteiger partial charge < -0.3 is 9.84 Å². The number of nitrogens with one attached hydrogen (secondary N) is 1. The van der Waals surface area contributed by atoms with Gasteiger partial charge in [-0.05, 0) is 49.2 Å². The van der Waals surface area contributed by atoms with Crippen molar-refractivity contribution in [3.05, 3.63) is 71.6 Å². The molecule has 0 spiro atoms. The SMILES string of the molecule is O=C(CN1CCCC[C@H]1c1nc(-c2cccc(F)c2)no1)NCc1ccc(F)cc1. The summed E-state index contributed by atoms with van der Waals surface area (Å²) in [6.07, 6.45) is 2.78. The zero-order valence-corrected chi connectivity index (χ0v) is 16.4. The van der Waals surface area contributed by atoms with Crippen LogP contribution < -0.4 is 5.32 Å². The average molecular weight is 412 g/mol. The molecular formula is C22H22F2N4O2. The van der Waals surface area contributed by atoms with E-state index in [2.05, 4.69) is 15.5 Å². The van der Waals surface area contributed by atoms with E-state index >= 15 is 0 Å². The molecule has 1 saturated heterocycles. The first-order valence-corrected chi connectivity index (χ1v) is 9.93. The van der Waals surface area contributed by atoms with Gasteiger partial charge in [0, 0.05) is 12.1 Å². The van der Waals surface area contributed by atoms with Gasteiger partial charge >= 0.3 is 0 Å². The number of halogens is 2. The maximum atomic E-state index is 13.5. The van der Waals surface area contributed by atoms with Crippen LogP contribution in [0.15, 0.2) is 53.1 Å². The van der Waals surface area contributed by atoms with Crippen LogP contribution in [0.5, 0.6) is 0 Å². The first-order chi connectivity index (χ1) is 14.6. The van der Waals surface area contributed by atoms with E-state index in [1.165, 1.54) is 24.3 Å². The molecule has 4 rings (SSSR count). The number of hydrogen-bond acceptors (Lipinski definition) is 5. The van der Waals surface area contributed by atoms with Gasteiger partial charge in [-0.3, -0.25) is 9.69 Å². The number of piperidine rings is 1. The van der Waals surface area contributed by atoms with Crippen LogP contribution in [-0.4, -0.2) is 34.0 Å². The lowest BCUT2D eigenvalue weighted by molar-refractivity contribution is -0.123. The first-order valence-electron chi connectivity index (χ1n) is 9.93. The second kappa shape index (κ2) is 9.13. The molecule has 2 aromatic carbocycles. The van der Waals surface area contributed by atoms with E-state index in [9.17, 15) is 13.6 Å². The van der Waals surface area contributed by atoms with E-state index in [0.29, 0.717) is 23.8 Å². The molecule has 6 nitrogen and oxygen atoms in total. The van der Waals surface area contributed by atoms with Crippen LogP contribution in [0.4, 0.5) is 8.78 Å². The highest BCUT2D eigenvalue weighted by Crippen LogP contribution is 2.30. The van der Waals surface area contributed by atoms with Crippen LogP contribution in [0.2, 0.25) is 0 Å². The maximum Gasteiger partial charge on any atom is 0.244 e. The van der Waals surface area contributed by atoms with Crippen molar-refractivity contribution in [1.82, 2.24) is 20.4 Å². The molecule has 1 aliphatic heterocycles. The minimum atomic E-state index is -0.365. The lowest BCUT2D eigenvalue weighted by atomic mass is 10.0. The van der Waals surface area contributed by atoms with E-state index in [1.54, 1.807) is 24.3 Å². The Hall–Kier alpha value is -3.13. The summed E-state index contributed by atoms with van der Waals surface area (Å²) >= 11 is 0. The predicted molar refractivity (Wildman–Crippen MR) is 106 cm³/mol. The van der Waals surface area contributed by atoms with E-state index in [0.717, 1.165) is 31.4 Å². The summed E-state index contributed by atoms with van der Waals surface area (Å²) in [4.78, 5) is 18.9. The molecule has 0 saturated carbocycles. The molecule has 1 aliphatic rings. The Morgan fingerprint density at radius 2 is 1.97 bits per heavy atom. The Morgan fingerprint density at radius 3 is 2.77 bits per heavy atom. The van der Waals surface area contributed by atoms with Gasteiger partial charge in [0.05, 0.1) is 12.6 Å². The fourth-order valence-corrected chi connectivity index (χ4v) is 3.62. The third-order valence-corrected chi connectivity index (χ3v) is 5.17. The second-order valence-corrected chi connectivity index (χ2v) is 7.35. The number of aromatic nitrogens is 2. The standard InChI is InChI=1S/C22H22F2N4O2/c23-17-9-7-15(8-10-17)13-25-20(29)14-28-11-2-1-6-19(28)22-26-21(27-30-22)16-4-3-5-18(24)12-16/h3-5,7-10,12,19H,1-2,6,11,13-14H2,(H,25,29)/t19-/m0/s1. The number of likely N-dealkylation sites (tertiary alicyclic amines) is 1. The molecule has 0 aliphatic carbocycles. The summed E-state index contributed by atoms with van der Waals surface area (Å²) in [5.74, 6) is -0.0402. The Labute approximate surface area is 172 Å². The summed E-state index contributed by atoms with van der Waals surface area (Å²) in [6, 6.07) is 11.9. The fourth-order valence-electron chi connectivity index (χ4n) is 3.62. The normalized spacial score (nSPS) is 17.1. The molecule has 0 bridgehead atoms. The number of carbonyl (C=O) groups excluding carboxylic acids is 1. The highest BCUT2D eigenvalue weighted by molar-refractivity contribution is 5.78. The van der Waals surface area contributed by atoms with Crippen LogP contribution in [0.1, 0.15) is 36.8 Å². The van der Waals surface area contributed by atoms with Crippen molar-refractivity contribution in [3.8, 4) is 11.4 Å². The maximum absolute atomic E-state index is 13.5. The van der Waals surface area contributed by atoms with Crippen molar-refractivity contribution >= 4 is 5.91 Å². The molecular weight excluding hydrogens is 390 g/mol. The monoisotopic (exact) mass is 412 g/mol. The lowest BCUT2D eigenvalue weighted by Gasteiger charge is -2.32. The molecule has 0 unspecified atom stereocenters. The van der Waals surface area contributed by atoms with Gasteiger partial charge in [0.2, 0.25) is 17.6 Å². The number of hydrogen-bond donors (Lipinski definition) is 1. The summed E-state index contributed by atoms with van der Waals surface area (Å²) in [5, 5.41) is 6.85. The zero-order valence-electron chi connectivity index (χ0n) is 16.4. The second-order valence-electron chi connectivity index (χ2n) is 7.35. The number of rotatable bonds is 6. The van der Waals surface area contributed by atoms with Crippen molar-refractivity contribution in [2.24, 2.45) is 0 Å². The highest BCUT2D eigenvalue weighted by Gasteiger charge is 2.30. The third kappa shape index (κ3) is 4.88. The van der Waals surface area contributed by atoms with Gasteiger partial charge in [-0.2, -0.15) is 4.98 Å². The Bertz CT molecular complexity index is 1010. The van der Waals surface area contributed by atoms with Crippen LogP contribution in [0, 0.1) is 11.6 Å². The molecule has 2 heterocycles. The van der Waals surface area contributed by atoms with E-state index in [4.69, 9.17) is 4.52 Å². The van der Waals surface area contributed by atoms with Crippen molar-refractivity contribution in [2.75, 3.05) is 13.1 Å². The Morgan fingerprint density at radius 1 is 1.13 bits per heavy atom. The quantitative estimate of drug-likeness (QED) is 0.666. The average Bonchev–Trinajstić information content (AvgIpc) is 3.24. The topological polar surface area (TPSA) is 71.3 Å². The van der Waals surface area contributed by atoms with Gasteiger partial charge in [0.25, 0.3) is 0 Å². The number of amides is 1.